The number of amides is 2. The SMILES string of the molecule is CNC(=O)c1cccc(C(=O)N2CCc3ccccc3[C@@H]2Cc2ccccc2)c1. The lowest BCUT2D eigenvalue weighted by molar-refractivity contribution is 0.0660. The van der Waals surface area contributed by atoms with Crippen LogP contribution in [0, 0.1) is 0 Å². The molecule has 1 N–H and O–H groups in total. The monoisotopic (exact) mass is 384 g/mol. The van der Waals surface area contributed by atoms with Gasteiger partial charge in [-0.25, -0.2) is 0 Å². The van der Waals surface area contributed by atoms with Crippen LogP contribution in [0.1, 0.15) is 43.4 Å². The van der Waals surface area contributed by atoms with Gasteiger partial charge in [-0.15, -0.1) is 0 Å². The van der Waals surface area contributed by atoms with E-state index in [2.05, 4.69) is 35.6 Å². The number of fused-ring (bicyclic) bond motifs is 1. The largest absolute Gasteiger partial charge is 0.355 e. The van der Waals surface area contributed by atoms with E-state index in [9.17, 15) is 9.59 Å². The number of hydrogen-bond donors (Lipinski definition) is 1. The first-order valence-corrected chi connectivity index (χ1v) is 9.92. The lowest BCUT2D eigenvalue weighted by Gasteiger charge is -2.38. The molecule has 3 aromatic carbocycles. The van der Waals surface area contributed by atoms with Crippen molar-refractivity contribution in [2.75, 3.05) is 13.6 Å². The Bertz CT molecular complexity index is 1030. The molecule has 146 valence electrons. The fourth-order valence-electron chi connectivity index (χ4n) is 4.06. The summed E-state index contributed by atoms with van der Waals surface area (Å²) in [4.78, 5) is 27.4. The van der Waals surface area contributed by atoms with Gasteiger partial charge < -0.3 is 10.2 Å². The molecule has 0 spiro atoms. The van der Waals surface area contributed by atoms with E-state index in [1.165, 1.54) is 16.7 Å². The van der Waals surface area contributed by atoms with E-state index in [4.69, 9.17) is 0 Å². The fraction of sp³-hybridized carbons (Fsp3) is 0.200. The van der Waals surface area contributed by atoms with Gasteiger partial charge in [0.05, 0.1) is 6.04 Å². The van der Waals surface area contributed by atoms with Gasteiger partial charge in [0.25, 0.3) is 11.8 Å². The second-order valence-electron chi connectivity index (χ2n) is 7.31. The molecule has 3 aromatic rings. The number of nitrogens with zero attached hydrogens (tertiary/aromatic N) is 1. The van der Waals surface area contributed by atoms with Crippen LogP contribution in [0.15, 0.2) is 78.9 Å². The molecule has 2 amide bonds. The minimum absolute atomic E-state index is 0.0292. The first-order chi connectivity index (χ1) is 14.2. The highest BCUT2D eigenvalue weighted by Crippen LogP contribution is 2.33. The van der Waals surface area contributed by atoms with Crippen molar-refractivity contribution in [2.45, 2.75) is 18.9 Å². The Morgan fingerprint density at radius 1 is 0.931 bits per heavy atom. The number of nitrogens with one attached hydrogen (secondary N) is 1. The fourth-order valence-corrected chi connectivity index (χ4v) is 4.06. The molecular formula is C25H24N2O2. The zero-order valence-corrected chi connectivity index (χ0v) is 16.5. The van der Waals surface area contributed by atoms with Crippen molar-refractivity contribution in [3.8, 4) is 0 Å². The maximum absolute atomic E-state index is 13.5. The van der Waals surface area contributed by atoms with Gasteiger partial charge in [-0.05, 0) is 47.7 Å². The molecule has 0 saturated carbocycles. The molecular weight excluding hydrogens is 360 g/mol. The average Bonchev–Trinajstić information content (AvgIpc) is 2.79. The van der Waals surface area contributed by atoms with Gasteiger partial charge in [0.2, 0.25) is 0 Å². The molecule has 4 rings (SSSR count). The third-order valence-electron chi connectivity index (χ3n) is 5.54. The van der Waals surface area contributed by atoms with Crippen molar-refractivity contribution < 1.29 is 9.59 Å². The van der Waals surface area contributed by atoms with Crippen molar-refractivity contribution in [2.24, 2.45) is 0 Å². The molecule has 0 unspecified atom stereocenters. The standard InChI is InChI=1S/C25H24N2O2/c1-26-24(28)20-11-7-12-21(17-20)25(29)27-15-14-19-10-5-6-13-22(19)23(27)16-18-8-3-2-4-9-18/h2-13,17,23H,14-16H2,1H3,(H,26,28)/t23-/m0/s1. The Labute approximate surface area is 171 Å². The van der Waals surface area contributed by atoms with Gasteiger partial charge in [0, 0.05) is 24.7 Å². The third-order valence-corrected chi connectivity index (χ3v) is 5.54. The summed E-state index contributed by atoms with van der Waals surface area (Å²) >= 11 is 0. The quantitative estimate of drug-likeness (QED) is 0.738. The maximum Gasteiger partial charge on any atom is 0.254 e. The van der Waals surface area contributed by atoms with Crippen molar-refractivity contribution in [3.05, 3.63) is 107 Å². The molecule has 0 fully saturated rings. The van der Waals surface area contributed by atoms with E-state index in [-0.39, 0.29) is 17.9 Å². The zero-order chi connectivity index (χ0) is 20.2. The van der Waals surface area contributed by atoms with Gasteiger partial charge in [0.15, 0.2) is 0 Å². The molecule has 1 aliphatic rings. The molecule has 1 aliphatic heterocycles. The van der Waals surface area contributed by atoms with E-state index < -0.39 is 0 Å². The Kier molecular flexibility index (Phi) is 5.43. The van der Waals surface area contributed by atoms with Crippen LogP contribution in [0.4, 0.5) is 0 Å². The van der Waals surface area contributed by atoms with Crippen molar-refractivity contribution in [3.63, 3.8) is 0 Å². The molecule has 0 radical (unpaired) electrons. The van der Waals surface area contributed by atoms with Crippen LogP contribution in [0.25, 0.3) is 0 Å². The van der Waals surface area contributed by atoms with Crippen molar-refractivity contribution >= 4 is 11.8 Å². The Hall–Kier alpha value is -3.40. The summed E-state index contributed by atoms with van der Waals surface area (Å²) in [7, 11) is 1.59. The Morgan fingerprint density at radius 2 is 1.66 bits per heavy atom. The average molecular weight is 384 g/mol. The first kappa shape index (κ1) is 18.9. The topological polar surface area (TPSA) is 49.4 Å². The summed E-state index contributed by atoms with van der Waals surface area (Å²) in [5, 5.41) is 2.62. The van der Waals surface area contributed by atoms with E-state index in [0.29, 0.717) is 17.7 Å². The molecule has 0 aromatic heterocycles. The number of rotatable bonds is 4. The number of benzene rings is 3. The highest BCUT2D eigenvalue weighted by molar-refractivity contribution is 5.99. The maximum atomic E-state index is 13.5. The van der Waals surface area contributed by atoms with E-state index in [1.807, 2.05) is 29.2 Å². The second kappa shape index (κ2) is 8.31. The number of carbonyl (C=O) groups is 2. The summed E-state index contributed by atoms with van der Waals surface area (Å²) in [6, 6.07) is 25.6. The normalized spacial score (nSPS) is 15.5. The minimum atomic E-state index is -0.190. The molecule has 4 nitrogen and oxygen atoms in total. The van der Waals surface area contributed by atoms with Crippen molar-refractivity contribution in [1.29, 1.82) is 0 Å². The van der Waals surface area contributed by atoms with Gasteiger partial charge in [-0.3, -0.25) is 9.59 Å². The molecule has 1 atom stereocenters. The first-order valence-electron chi connectivity index (χ1n) is 9.92. The second-order valence-corrected chi connectivity index (χ2v) is 7.31. The van der Waals surface area contributed by atoms with Crippen LogP contribution >= 0.6 is 0 Å². The predicted octanol–water partition coefficient (Wildman–Crippen LogP) is 4.03. The van der Waals surface area contributed by atoms with Crippen molar-refractivity contribution in [1.82, 2.24) is 10.2 Å². The highest BCUT2D eigenvalue weighted by atomic mass is 16.2. The summed E-state index contributed by atoms with van der Waals surface area (Å²) in [5.41, 5.74) is 4.75. The summed E-state index contributed by atoms with van der Waals surface area (Å²) in [5.74, 6) is -0.226. The lowest BCUT2D eigenvalue weighted by Crippen LogP contribution is -2.41. The summed E-state index contributed by atoms with van der Waals surface area (Å²) in [6.07, 6.45) is 1.60. The van der Waals surface area contributed by atoms with Crippen LogP contribution in [0.3, 0.4) is 0 Å². The Balaban J connectivity index is 1.69. The predicted molar refractivity (Wildman–Crippen MR) is 114 cm³/mol. The van der Waals surface area contributed by atoms with Gasteiger partial charge in [-0.2, -0.15) is 0 Å². The number of hydrogen-bond acceptors (Lipinski definition) is 2. The number of carbonyl (C=O) groups excluding carboxylic acids is 2. The molecule has 0 aliphatic carbocycles. The minimum Gasteiger partial charge on any atom is -0.355 e. The lowest BCUT2D eigenvalue weighted by atomic mass is 9.88. The molecule has 0 bridgehead atoms. The van der Waals surface area contributed by atoms with Crippen LogP contribution in [-0.2, 0) is 12.8 Å². The van der Waals surface area contributed by atoms with Crippen LogP contribution in [0.5, 0.6) is 0 Å². The smallest absolute Gasteiger partial charge is 0.254 e. The van der Waals surface area contributed by atoms with Gasteiger partial charge >= 0.3 is 0 Å². The summed E-state index contributed by atoms with van der Waals surface area (Å²) in [6.45, 7) is 0.664. The third kappa shape index (κ3) is 3.92. The zero-order valence-electron chi connectivity index (χ0n) is 16.5. The van der Waals surface area contributed by atoms with E-state index in [0.717, 1.165) is 12.8 Å². The molecule has 1 heterocycles. The Morgan fingerprint density at radius 3 is 2.45 bits per heavy atom. The van der Waals surface area contributed by atoms with Gasteiger partial charge in [0.1, 0.15) is 0 Å². The van der Waals surface area contributed by atoms with E-state index >= 15 is 0 Å². The molecule has 29 heavy (non-hydrogen) atoms. The molecule has 0 saturated heterocycles. The van der Waals surface area contributed by atoms with E-state index in [1.54, 1.807) is 31.3 Å². The van der Waals surface area contributed by atoms with Crippen LogP contribution in [0.2, 0.25) is 0 Å². The van der Waals surface area contributed by atoms with Gasteiger partial charge in [-0.1, -0.05) is 60.7 Å². The molecule has 4 heteroatoms. The highest BCUT2D eigenvalue weighted by Gasteiger charge is 2.31. The summed E-state index contributed by atoms with van der Waals surface area (Å²) < 4.78 is 0. The van der Waals surface area contributed by atoms with Crippen LogP contribution in [-0.4, -0.2) is 30.3 Å². The van der Waals surface area contributed by atoms with Crippen LogP contribution < -0.4 is 5.32 Å².